The molecule has 1 aliphatic rings. The van der Waals surface area contributed by atoms with Gasteiger partial charge in [-0.1, -0.05) is 19.1 Å². The predicted molar refractivity (Wildman–Crippen MR) is 67.3 cm³/mol. The summed E-state index contributed by atoms with van der Waals surface area (Å²) in [5, 5.41) is 10.1. The Bertz CT molecular complexity index is 397. The molecule has 3 unspecified atom stereocenters. The fourth-order valence-corrected chi connectivity index (χ4v) is 2.68. The van der Waals surface area contributed by atoms with Crippen molar-refractivity contribution in [2.75, 3.05) is 6.61 Å². The Morgan fingerprint density at radius 2 is 2.35 bits per heavy atom. The van der Waals surface area contributed by atoms with Crippen LogP contribution in [-0.4, -0.2) is 23.9 Å². The van der Waals surface area contributed by atoms with Gasteiger partial charge in [0.15, 0.2) is 0 Å². The average molecular weight is 303 g/mol. The number of benzene rings is 1. The highest BCUT2D eigenvalue weighted by Gasteiger charge is 2.31. The van der Waals surface area contributed by atoms with Gasteiger partial charge in [0.25, 0.3) is 0 Å². The number of hydrogen-bond donors (Lipinski definition) is 1. The minimum absolute atomic E-state index is 0.134. The Morgan fingerprint density at radius 3 is 3.00 bits per heavy atom. The lowest BCUT2D eigenvalue weighted by Crippen LogP contribution is -2.31. The van der Waals surface area contributed by atoms with E-state index in [1.807, 2.05) is 6.07 Å². The van der Waals surface area contributed by atoms with Crippen LogP contribution in [0.4, 0.5) is 4.39 Å². The van der Waals surface area contributed by atoms with E-state index in [1.54, 1.807) is 6.07 Å². The summed E-state index contributed by atoms with van der Waals surface area (Å²) in [6.07, 6.45) is 0.676. The van der Waals surface area contributed by atoms with Crippen LogP contribution in [0.1, 0.15) is 18.9 Å². The van der Waals surface area contributed by atoms with Crippen LogP contribution in [0.3, 0.4) is 0 Å². The topological polar surface area (TPSA) is 29.5 Å². The van der Waals surface area contributed by atoms with Crippen molar-refractivity contribution in [1.82, 2.24) is 0 Å². The number of halogens is 2. The van der Waals surface area contributed by atoms with Crippen LogP contribution in [0.5, 0.6) is 0 Å². The van der Waals surface area contributed by atoms with Gasteiger partial charge in [-0.3, -0.25) is 0 Å². The molecule has 17 heavy (non-hydrogen) atoms. The normalized spacial score (nSPS) is 26.1. The first-order valence-corrected chi connectivity index (χ1v) is 6.61. The van der Waals surface area contributed by atoms with E-state index in [-0.39, 0.29) is 11.9 Å². The van der Waals surface area contributed by atoms with Gasteiger partial charge in [0, 0.05) is 13.0 Å². The molecule has 0 radical (unpaired) electrons. The molecule has 0 saturated carbocycles. The van der Waals surface area contributed by atoms with E-state index in [1.165, 1.54) is 6.07 Å². The zero-order chi connectivity index (χ0) is 12.4. The quantitative estimate of drug-likeness (QED) is 0.930. The van der Waals surface area contributed by atoms with E-state index >= 15 is 0 Å². The van der Waals surface area contributed by atoms with Crippen molar-refractivity contribution in [3.8, 4) is 0 Å². The molecule has 4 heteroatoms. The van der Waals surface area contributed by atoms with Gasteiger partial charge in [0.2, 0.25) is 0 Å². The van der Waals surface area contributed by atoms with Gasteiger partial charge in [-0.05, 0) is 39.9 Å². The first-order valence-electron chi connectivity index (χ1n) is 5.82. The van der Waals surface area contributed by atoms with Crippen LogP contribution in [0.25, 0.3) is 0 Å². The predicted octanol–water partition coefficient (Wildman–Crippen LogP) is 2.92. The lowest BCUT2D eigenvalue weighted by molar-refractivity contribution is -0.0158. The van der Waals surface area contributed by atoms with Gasteiger partial charge in [-0.25, -0.2) is 4.39 Å². The Morgan fingerprint density at radius 1 is 1.59 bits per heavy atom. The highest BCUT2D eigenvalue weighted by atomic mass is 79.9. The van der Waals surface area contributed by atoms with Crippen molar-refractivity contribution < 1.29 is 14.2 Å². The summed E-state index contributed by atoms with van der Waals surface area (Å²) in [6, 6.07) is 4.87. The first kappa shape index (κ1) is 13.0. The van der Waals surface area contributed by atoms with Crippen LogP contribution in [0.15, 0.2) is 22.7 Å². The second-order valence-electron chi connectivity index (χ2n) is 4.59. The molecular weight excluding hydrogens is 287 g/mol. The maximum absolute atomic E-state index is 13.3. The van der Waals surface area contributed by atoms with Crippen molar-refractivity contribution in [2.45, 2.75) is 32.0 Å². The fourth-order valence-electron chi connectivity index (χ4n) is 2.26. The lowest BCUT2D eigenvalue weighted by atomic mass is 9.95. The van der Waals surface area contributed by atoms with E-state index in [2.05, 4.69) is 22.9 Å². The zero-order valence-electron chi connectivity index (χ0n) is 9.70. The Balaban J connectivity index is 2.07. The number of aliphatic hydroxyl groups excluding tert-OH is 1. The molecule has 0 aliphatic carbocycles. The molecule has 1 heterocycles. The zero-order valence-corrected chi connectivity index (χ0v) is 11.3. The minimum atomic E-state index is -0.578. The summed E-state index contributed by atoms with van der Waals surface area (Å²) in [7, 11) is 0. The van der Waals surface area contributed by atoms with Gasteiger partial charge in [0.05, 0.1) is 16.7 Å². The molecule has 0 bridgehead atoms. The summed E-state index contributed by atoms with van der Waals surface area (Å²) < 4.78 is 19.3. The molecule has 2 nitrogen and oxygen atoms in total. The van der Waals surface area contributed by atoms with Crippen LogP contribution in [0, 0.1) is 11.7 Å². The van der Waals surface area contributed by atoms with Crippen LogP contribution < -0.4 is 0 Å². The molecule has 1 fully saturated rings. The van der Waals surface area contributed by atoms with Crippen molar-refractivity contribution in [1.29, 1.82) is 0 Å². The van der Waals surface area contributed by atoms with Crippen LogP contribution in [-0.2, 0) is 11.2 Å². The Labute approximate surface area is 109 Å². The van der Waals surface area contributed by atoms with E-state index < -0.39 is 6.10 Å². The maximum Gasteiger partial charge on any atom is 0.137 e. The van der Waals surface area contributed by atoms with Crippen molar-refractivity contribution in [3.63, 3.8) is 0 Å². The molecule has 2 rings (SSSR count). The molecule has 1 N–H and O–H groups in total. The molecule has 1 aromatic rings. The molecule has 0 amide bonds. The van der Waals surface area contributed by atoms with Crippen molar-refractivity contribution >= 4 is 15.9 Å². The molecule has 1 aliphatic heterocycles. The van der Waals surface area contributed by atoms with Gasteiger partial charge in [-0.15, -0.1) is 0 Å². The molecule has 94 valence electrons. The standard InChI is InChI=1S/C13H16BrFO2/c1-8-5-6-17-13(8)11(16)7-9-3-2-4-10(15)12(9)14/h2-4,8,11,13,16H,5-7H2,1H3. The summed E-state index contributed by atoms with van der Waals surface area (Å²) >= 11 is 3.21. The van der Waals surface area contributed by atoms with Crippen LogP contribution in [0.2, 0.25) is 0 Å². The molecule has 1 aromatic carbocycles. The van der Waals surface area contributed by atoms with Crippen molar-refractivity contribution in [2.24, 2.45) is 5.92 Å². The molecular formula is C13H16BrFO2. The Kier molecular flexibility index (Phi) is 4.17. The minimum Gasteiger partial charge on any atom is -0.390 e. The lowest BCUT2D eigenvalue weighted by Gasteiger charge is -2.21. The molecule has 1 saturated heterocycles. The fraction of sp³-hybridized carbons (Fsp3) is 0.538. The number of hydrogen-bond acceptors (Lipinski definition) is 2. The third kappa shape index (κ3) is 2.87. The summed E-state index contributed by atoms with van der Waals surface area (Å²) in [6.45, 7) is 2.77. The second-order valence-corrected chi connectivity index (χ2v) is 5.38. The number of ether oxygens (including phenoxy) is 1. The summed E-state index contributed by atoms with van der Waals surface area (Å²) in [4.78, 5) is 0. The third-order valence-electron chi connectivity index (χ3n) is 3.28. The first-order chi connectivity index (χ1) is 8.09. The van der Waals surface area contributed by atoms with Gasteiger partial charge < -0.3 is 9.84 Å². The monoisotopic (exact) mass is 302 g/mol. The summed E-state index contributed by atoms with van der Waals surface area (Å²) in [5.41, 5.74) is 0.778. The SMILES string of the molecule is CC1CCOC1C(O)Cc1cccc(F)c1Br. The summed E-state index contributed by atoms with van der Waals surface area (Å²) in [5.74, 6) is 0.0624. The largest absolute Gasteiger partial charge is 0.390 e. The van der Waals surface area contributed by atoms with E-state index in [4.69, 9.17) is 4.74 Å². The maximum atomic E-state index is 13.3. The van der Waals surface area contributed by atoms with Gasteiger partial charge >= 0.3 is 0 Å². The van der Waals surface area contributed by atoms with E-state index in [0.717, 1.165) is 12.0 Å². The average Bonchev–Trinajstić information content (AvgIpc) is 2.71. The molecule has 0 spiro atoms. The van der Waals surface area contributed by atoms with E-state index in [0.29, 0.717) is 23.4 Å². The second kappa shape index (κ2) is 5.46. The van der Waals surface area contributed by atoms with Gasteiger partial charge in [-0.2, -0.15) is 0 Å². The highest BCUT2D eigenvalue weighted by molar-refractivity contribution is 9.10. The Hall–Kier alpha value is -0.450. The highest BCUT2D eigenvalue weighted by Crippen LogP contribution is 2.27. The van der Waals surface area contributed by atoms with Gasteiger partial charge in [0.1, 0.15) is 5.82 Å². The number of aliphatic hydroxyl groups is 1. The molecule has 3 atom stereocenters. The molecule has 0 aromatic heterocycles. The van der Waals surface area contributed by atoms with E-state index in [9.17, 15) is 9.50 Å². The van der Waals surface area contributed by atoms with Crippen molar-refractivity contribution in [3.05, 3.63) is 34.1 Å². The number of rotatable bonds is 3. The smallest absolute Gasteiger partial charge is 0.137 e. The third-order valence-corrected chi connectivity index (χ3v) is 4.17. The van der Waals surface area contributed by atoms with Crippen LogP contribution >= 0.6 is 15.9 Å².